The van der Waals surface area contributed by atoms with Gasteiger partial charge in [-0.3, -0.25) is 9.59 Å². The van der Waals surface area contributed by atoms with Crippen molar-refractivity contribution in [1.82, 2.24) is 15.1 Å². The Morgan fingerprint density at radius 1 is 1.23 bits per heavy atom. The normalized spacial score (nSPS) is 15.4. The number of ether oxygens (including phenoxy) is 1. The van der Waals surface area contributed by atoms with Crippen molar-refractivity contribution >= 4 is 29.5 Å². The van der Waals surface area contributed by atoms with Crippen LogP contribution < -0.4 is 5.32 Å². The number of amides is 3. The van der Waals surface area contributed by atoms with Gasteiger partial charge in [-0.1, -0.05) is 17.7 Å². The summed E-state index contributed by atoms with van der Waals surface area (Å²) in [6.45, 7) is 4.90. The zero-order valence-corrected chi connectivity index (χ0v) is 15.4. The highest BCUT2D eigenvalue weighted by molar-refractivity contribution is 6.33. The van der Waals surface area contributed by atoms with Gasteiger partial charge in [-0.05, 0) is 26.0 Å². The predicted molar refractivity (Wildman–Crippen MR) is 93.5 cm³/mol. The summed E-state index contributed by atoms with van der Waals surface area (Å²) in [6, 6.07) is 3.07. The summed E-state index contributed by atoms with van der Waals surface area (Å²) in [4.78, 5) is 39.4. The second-order valence-corrected chi connectivity index (χ2v) is 6.21. The largest absolute Gasteiger partial charge is 0.450 e. The van der Waals surface area contributed by atoms with Crippen LogP contribution in [-0.2, 0) is 9.53 Å². The molecule has 1 fully saturated rings. The van der Waals surface area contributed by atoms with E-state index in [4.69, 9.17) is 16.3 Å². The van der Waals surface area contributed by atoms with Crippen molar-refractivity contribution in [2.75, 3.05) is 32.8 Å². The molecule has 0 radical (unpaired) electrons. The molecule has 7 nitrogen and oxygen atoms in total. The van der Waals surface area contributed by atoms with Gasteiger partial charge in [0.05, 0.1) is 17.2 Å². The molecule has 1 aromatic rings. The summed E-state index contributed by atoms with van der Waals surface area (Å²) in [7, 11) is 0. The van der Waals surface area contributed by atoms with E-state index in [1.54, 1.807) is 11.8 Å². The van der Waals surface area contributed by atoms with Crippen molar-refractivity contribution in [2.24, 2.45) is 0 Å². The molecule has 0 unspecified atom stereocenters. The van der Waals surface area contributed by atoms with Crippen LogP contribution in [-0.4, -0.2) is 66.5 Å². The molecule has 1 saturated heterocycles. The Labute approximate surface area is 156 Å². The summed E-state index contributed by atoms with van der Waals surface area (Å²) in [6.07, 6.45) is -0.407. The highest BCUT2D eigenvalue weighted by atomic mass is 35.5. The average Bonchev–Trinajstić information content (AvgIpc) is 2.61. The Morgan fingerprint density at radius 3 is 2.42 bits per heavy atom. The number of hydrogen-bond donors (Lipinski definition) is 1. The lowest BCUT2D eigenvalue weighted by Gasteiger charge is -2.35. The van der Waals surface area contributed by atoms with E-state index in [1.165, 1.54) is 24.0 Å². The molecular formula is C17H21ClFN3O4. The van der Waals surface area contributed by atoms with Crippen LogP contribution in [0.3, 0.4) is 0 Å². The van der Waals surface area contributed by atoms with Gasteiger partial charge in [0.2, 0.25) is 5.91 Å². The SMILES string of the molecule is CCOC(=O)N1CCN(C(=O)[C@H](C)NC(=O)c2c(F)cccc2Cl)CC1. The number of benzene rings is 1. The fourth-order valence-corrected chi connectivity index (χ4v) is 2.89. The Bertz CT molecular complexity index is 672. The summed E-state index contributed by atoms with van der Waals surface area (Å²) < 4.78 is 18.7. The summed E-state index contributed by atoms with van der Waals surface area (Å²) in [5.74, 6) is -1.81. The van der Waals surface area contributed by atoms with Gasteiger partial charge in [-0.2, -0.15) is 0 Å². The molecule has 0 saturated carbocycles. The van der Waals surface area contributed by atoms with Crippen LogP contribution in [0.1, 0.15) is 24.2 Å². The lowest BCUT2D eigenvalue weighted by Crippen LogP contribution is -2.55. The Kier molecular flexibility index (Phi) is 6.79. The van der Waals surface area contributed by atoms with Crippen LogP contribution in [0.2, 0.25) is 5.02 Å². The molecule has 0 aromatic heterocycles. The standard InChI is InChI=1S/C17H21ClFN3O4/c1-3-26-17(25)22-9-7-21(8-10-22)16(24)11(2)20-15(23)14-12(18)5-4-6-13(14)19/h4-6,11H,3,7-10H2,1-2H3,(H,20,23)/t11-/m0/s1. The van der Waals surface area contributed by atoms with E-state index >= 15 is 0 Å². The first-order valence-corrected chi connectivity index (χ1v) is 8.68. The summed E-state index contributed by atoms with van der Waals surface area (Å²) in [5, 5.41) is 2.45. The van der Waals surface area contributed by atoms with E-state index in [0.717, 1.165) is 6.07 Å². The van der Waals surface area contributed by atoms with Gasteiger partial charge in [0.25, 0.3) is 5.91 Å². The van der Waals surface area contributed by atoms with E-state index in [0.29, 0.717) is 32.8 Å². The third-order valence-electron chi connectivity index (χ3n) is 4.03. The van der Waals surface area contributed by atoms with Crippen LogP contribution in [0.15, 0.2) is 18.2 Å². The number of hydrogen-bond acceptors (Lipinski definition) is 4. The van der Waals surface area contributed by atoms with Crippen molar-refractivity contribution in [3.05, 3.63) is 34.6 Å². The molecule has 1 aromatic carbocycles. The Balaban J connectivity index is 1.92. The number of halogens is 2. The van der Waals surface area contributed by atoms with Gasteiger partial charge in [0, 0.05) is 26.2 Å². The van der Waals surface area contributed by atoms with Gasteiger partial charge in [0.15, 0.2) is 0 Å². The molecule has 0 spiro atoms. The second-order valence-electron chi connectivity index (χ2n) is 5.80. The van der Waals surface area contributed by atoms with Crippen LogP contribution in [0.4, 0.5) is 9.18 Å². The first-order valence-electron chi connectivity index (χ1n) is 8.30. The maximum absolute atomic E-state index is 13.8. The van der Waals surface area contributed by atoms with Crippen molar-refractivity contribution < 1.29 is 23.5 Å². The summed E-state index contributed by atoms with van der Waals surface area (Å²) in [5.41, 5.74) is -0.291. The van der Waals surface area contributed by atoms with E-state index in [1.807, 2.05) is 0 Å². The highest BCUT2D eigenvalue weighted by Crippen LogP contribution is 2.19. The number of carbonyl (C=O) groups excluding carboxylic acids is 3. The third kappa shape index (κ3) is 4.63. The van der Waals surface area contributed by atoms with Crippen LogP contribution in [0.25, 0.3) is 0 Å². The van der Waals surface area contributed by atoms with Gasteiger partial charge in [0.1, 0.15) is 11.9 Å². The first-order chi connectivity index (χ1) is 12.3. The van der Waals surface area contributed by atoms with E-state index in [-0.39, 0.29) is 16.5 Å². The number of piperazine rings is 1. The molecule has 2 rings (SSSR count). The average molecular weight is 386 g/mol. The second kappa shape index (κ2) is 8.84. The summed E-state index contributed by atoms with van der Waals surface area (Å²) >= 11 is 5.86. The number of rotatable bonds is 4. The van der Waals surface area contributed by atoms with Gasteiger partial charge >= 0.3 is 6.09 Å². The number of carbonyl (C=O) groups is 3. The lowest BCUT2D eigenvalue weighted by atomic mass is 10.1. The molecule has 0 bridgehead atoms. The smallest absolute Gasteiger partial charge is 0.409 e. The number of nitrogens with zero attached hydrogens (tertiary/aromatic N) is 2. The molecule has 1 atom stereocenters. The maximum atomic E-state index is 13.8. The molecular weight excluding hydrogens is 365 g/mol. The zero-order valence-electron chi connectivity index (χ0n) is 14.6. The minimum absolute atomic E-state index is 0.0230. The highest BCUT2D eigenvalue weighted by Gasteiger charge is 2.29. The maximum Gasteiger partial charge on any atom is 0.409 e. The van der Waals surface area contributed by atoms with Crippen LogP contribution >= 0.6 is 11.6 Å². The topological polar surface area (TPSA) is 79.0 Å². The molecule has 1 heterocycles. The molecule has 3 amide bonds. The van der Waals surface area contributed by atoms with Gasteiger partial charge in [-0.25, -0.2) is 9.18 Å². The molecule has 26 heavy (non-hydrogen) atoms. The lowest BCUT2D eigenvalue weighted by molar-refractivity contribution is -0.134. The predicted octanol–water partition coefficient (Wildman–Crippen LogP) is 1.90. The molecule has 1 N–H and O–H groups in total. The Morgan fingerprint density at radius 2 is 1.85 bits per heavy atom. The van der Waals surface area contributed by atoms with Crippen molar-refractivity contribution in [3.63, 3.8) is 0 Å². The minimum Gasteiger partial charge on any atom is -0.450 e. The monoisotopic (exact) mass is 385 g/mol. The molecule has 9 heteroatoms. The molecule has 0 aliphatic carbocycles. The molecule has 1 aliphatic heterocycles. The molecule has 1 aliphatic rings. The Hall–Kier alpha value is -2.35. The zero-order chi connectivity index (χ0) is 19.3. The first kappa shape index (κ1) is 20.0. The van der Waals surface area contributed by atoms with E-state index in [2.05, 4.69) is 5.32 Å². The van der Waals surface area contributed by atoms with E-state index < -0.39 is 23.9 Å². The van der Waals surface area contributed by atoms with Crippen molar-refractivity contribution in [3.8, 4) is 0 Å². The van der Waals surface area contributed by atoms with Crippen LogP contribution in [0.5, 0.6) is 0 Å². The van der Waals surface area contributed by atoms with Crippen LogP contribution in [0, 0.1) is 5.82 Å². The van der Waals surface area contributed by atoms with Crippen molar-refractivity contribution in [2.45, 2.75) is 19.9 Å². The fourth-order valence-electron chi connectivity index (χ4n) is 2.64. The van der Waals surface area contributed by atoms with Gasteiger partial charge in [-0.15, -0.1) is 0 Å². The van der Waals surface area contributed by atoms with E-state index in [9.17, 15) is 18.8 Å². The van der Waals surface area contributed by atoms with Gasteiger partial charge < -0.3 is 19.9 Å². The molecule has 142 valence electrons. The quantitative estimate of drug-likeness (QED) is 0.858. The third-order valence-corrected chi connectivity index (χ3v) is 4.34. The number of nitrogens with one attached hydrogen (secondary N) is 1. The fraction of sp³-hybridized carbons (Fsp3) is 0.471. The van der Waals surface area contributed by atoms with Crippen molar-refractivity contribution in [1.29, 1.82) is 0 Å². The minimum atomic E-state index is -0.854.